The second kappa shape index (κ2) is 10.6. The average Bonchev–Trinajstić information content (AvgIpc) is 2.73. The van der Waals surface area contributed by atoms with Gasteiger partial charge in [-0.15, -0.1) is 0 Å². The summed E-state index contributed by atoms with van der Waals surface area (Å²) in [6, 6.07) is 19.6. The van der Waals surface area contributed by atoms with Crippen molar-refractivity contribution in [3.05, 3.63) is 95.6 Å². The number of hydrogen-bond acceptors (Lipinski definition) is 7. The van der Waals surface area contributed by atoms with Gasteiger partial charge >= 0.3 is 43.3 Å². The normalized spacial score (nSPS) is 12.1. The molecule has 9 heteroatoms. The smallest absolute Gasteiger partial charge is 0.736 e. The number of methoxy groups -OCH3 is 1. The molecule has 0 heterocycles. The Hall–Kier alpha value is -2.41. The van der Waals surface area contributed by atoms with Crippen molar-refractivity contribution in [3.63, 3.8) is 0 Å². The van der Waals surface area contributed by atoms with Crippen LogP contribution in [-0.2, 0) is 9.30 Å². The monoisotopic (exact) mass is 434 g/mol. The van der Waals surface area contributed by atoms with Crippen LogP contribution in [0, 0.1) is 0 Å². The molecule has 0 aliphatic rings. The fourth-order valence-electron chi connectivity index (χ4n) is 2.55. The zero-order valence-electron chi connectivity index (χ0n) is 16.3. The molecular weight excluding hydrogens is 418 g/mol. The third-order valence-corrected chi connectivity index (χ3v) is 4.74. The van der Waals surface area contributed by atoms with Gasteiger partial charge in [0.2, 0.25) is 0 Å². The van der Waals surface area contributed by atoms with Crippen LogP contribution in [0.3, 0.4) is 0 Å². The van der Waals surface area contributed by atoms with E-state index in [4.69, 9.17) is 13.8 Å². The van der Waals surface area contributed by atoms with Crippen molar-refractivity contribution in [2.75, 3.05) is 7.11 Å². The van der Waals surface area contributed by atoms with Crippen molar-refractivity contribution in [3.8, 4) is 11.5 Å². The molecule has 0 amide bonds. The number of phosphoric ester groups is 1. The van der Waals surface area contributed by atoms with Gasteiger partial charge in [-0.1, -0.05) is 36.4 Å². The van der Waals surface area contributed by atoms with Gasteiger partial charge in [-0.25, -0.2) is 9.36 Å². The van der Waals surface area contributed by atoms with Crippen LogP contribution in [0.25, 0.3) is 0 Å². The Morgan fingerprint density at radius 3 is 1.83 bits per heavy atom. The number of carbonyl (C=O) groups excluding carboxylic acids is 2. The van der Waals surface area contributed by atoms with Crippen LogP contribution >= 0.6 is 7.82 Å². The van der Waals surface area contributed by atoms with Crippen LogP contribution in [0.1, 0.15) is 26.3 Å². The number of ketones is 1. The third kappa shape index (κ3) is 6.05. The molecule has 0 aliphatic heterocycles. The summed E-state index contributed by atoms with van der Waals surface area (Å²) in [5.41, 5.74) is 0.564. The Labute approximate surface area is 195 Å². The van der Waals surface area contributed by atoms with E-state index in [2.05, 4.69) is 0 Å². The van der Waals surface area contributed by atoms with Crippen LogP contribution in [0.5, 0.6) is 11.5 Å². The van der Waals surface area contributed by atoms with Crippen LogP contribution in [-0.4, -0.2) is 18.9 Å². The molecule has 3 aromatic carbocycles. The van der Waals surface area contributed by atoms with Gasteiger partial charge in [-0.3, -0.25) is 4.79 Å². The van der Waals surface area contributed by atoms with E-state index in [1.54, 1.807) is 30.3 Å². The van der Waals surface area contributed by atoms with E-state index in [-0.39, 0.29) is 57.7 Å². The summed E-state index contributed by atoms with van der Waals surface area (Å²) in [6.45, 7) is 0. The van der Waals surface area contributed by atoms with Gasteiger partial charge in [-0.05, 0) is 42.5 Å². The maximum absolute atomic E-state index is 12.7. The minimum absolute atomic E-state index is 0. The molecule has 0 aliphatic carbocycles. The topological polar surface area (TPSA) is 102 Å². The van der Waals surface area contributed by atoms with Crippen LogP contribution < -0.4 is 43.5 Å². The molecule has 7 nitrogen and oxygen atoms in total. The number of benzene rings is 3. The van der Waals surface area contributed by atoms with Gasteiger partial charge in [0.05, 0.1) is 12.7 Å². The number of rotatable bonds is 7. The zero-order chi connectivity index (χ0) is 20.9. The number of ether oxygens (including phenoxy) is 1. The molecule has 30 heavy (non-hydrogen) atoms. The predicted octanol–water partition coefficient (Wildman–Crippen LogP) is 0.634. The number of phosphoric acid groups is 1. The van der Waals surface area contributed by atoms with Crippen molar-refractivity contribution in [1.82, 2.24) is 0 Å². The average molecular weight is 434 g/mol. The largest absolute Gasteiger partial charge is 1.00 e. The van der Waals surface area contributed by atoms with Gasteiger partial charge in [0, 0.05) is 11.1 Å². The van der Waals surface area contributed by atoms with E-state index in [0.717, 1.165) is 0 Å². The summed E-state index contributed by atoms with van der Waals surface area (Å²) in [5.74, 6) is -0.934. The van der Waals surface area contributed by atoms with E-state index >= 15 is 0 Å². The number of esters is 1. The van der Waals surface area contributed by atoms with Crippen molar-refractivity contribution >= 4 is 19.6 Å². The summed E-state index contributed by atoms with van der Waals surface area (Å²) in [7, 11) is -3.42. The van der Waals surface area contributed by atoms with E-state index in [1.165, 1.54) is 55.6 Å². The Morgan fingerprint density at radius 2 is 1.27 bits per heavy atom. The SMILES string of the molecule is COC(=O)c1ccccc1C(=O)c1ccc(OP(=O)([O-])Oc2ccccc2)cc1.[Na+]. The maximum Gasteiger partial charge on any atom is 1.00 e. The van der Waals surface area contributed by atoms with Crippen molar-refractivity contribution in [1.29, 1.82) is 0 Å². The van der Waals surface area contributed by atoms with E-state index in [9.17, 15) is 19.0 Å². The summed E-state index contributed by atoms with van der Waals surface area (Å²) in [4.78, 5) is 36.6. The Morgan fingerprint density at radius 1 is 0.767 bits per heavy atom. The van der Waals surface area contributed by atoms with Crippen LogP contribution in [0.2, 0.25) is 0 Å². The van der Waals surface area contributed by atoms with Gasteiger partial charge in [0.1, 0.15) is 11.5 Å². The van der Waals surface area contributed by atoms with E-state index in [1.807, 2.05) is 0 Å². The van der Waals surface area contributed by atoms with Gasteiger partial charge < -0.3 is 18.7 Å². The number of carbonyl (C=O) groups is 2. The zero-order valence-corrected chi connectivity index (χ0v) is 19.2. The Kier molecular flexibility index (Phi) is 8.41. The summed E-state index contributed by atoms with van der Waals surface area (Å²) in [5, 5.41) is 0. The molecule has 0 saturated heterocycles. The Bertz CT molecular complexity index is 1070. The van der Waals surface area contributed by atoms with Crippen molar-refractivity contribution in [2.24, 2.45) is 0 Å². The Balaban J connectivity index is 0.00000320. The van der Waals surface area contributed by atoms with Gasteiger partial charge in [0.25, 0.3) is 0 Å². The third-order valence-electron chi connectivity index (χ3n) is 3.87. The molecule has 0 aromatic heterocycles. The number of hydrogen-bond donors (Lipinski definition) is 0. The molecule has 0 spiro atoms. The molecule has 148 valence electrons. The molecule has 0 saturated carbocycles. The standard InChI is InChI=1S/C21H17O7P.Na/c1-26-21(23)19-10-6-5-9-18(19)20(22)15-11-13-17(14-12-15)28-29(24,25)27-16-7-3-2-4-8-16;/h2-14H,1H3,(H,24,25);/q;+1/p-1. The number of para-hydroxylation sites is 1. The quantitative estimate of drug-likeness (QED) is 0.233. The minimum Gasteiger partial charge on any atom is -0.736 e. The second-order valence-electron chi connectivity index (χ2n) is 5.83. The van der Waals surface area contributed by atoms with Gasteiger partial charge in [0.15, 0.2) is 5.78 Å². The summed E-state index contributed by atoms with van der Waals surface area (Å²) >= 11 is 0. The van der Waals surface area contributed by atoms with E-state index < -0.39 is 19.6 Å². The molecule has 0 bridgehead atoms. The second-order valence-corrected chi connectivity index (χ2v) is 7.09. The molecule has 1 unspecified atom stereocenters. The summed E-state index contributed by atoms with van der Waals surface area (Å²) < 4.78 is 26.5. The van der Waals surface area contributed by atoms with Crippen molar-refractivity contribution in [2.45, 2.75) is 0 Å². The van der Waals surface area contributed by atoms with Crippen molar-refractivity contribution < 1.29 is 62.4 Å². The molecule has 0 fully saturated rings. The van der Waals surface area contributed by atoms with Gasteiger partial charge in [-0.2, -0.15) is 0 Å². The maximum atomic E-state index is 12.7. The first-order valence-electron chi connectivity index (χ1n) is 8.47. The van der Waals surface area contributed by atoms with Crippen LogP contribution in [0.4, 0.5) is 0 Å². The molecule has 0 N–H and O–H groups in total. The minimum atomic E-state index is -4.65. The molecule has 3 rings (SSSR count). The fourth-order valence-corrected chi connectivity index (χ4v) is 3.35. The fraction of sp³-hybridized carbons (Fsp3) is 0.0476. The first-order valence-corrected chi connectivity index (χ1v) is 9.93. The first-order chi connectivity index (χ1) is 13.9. The predicted molar refractivity (Wildman–Crippen MR) is 103 cm³/mol. The molecule has 0 radical (unpaired) electrons. The van der Waals surface area contributed by atoms with Crippen LogP contribution in [0.15, 0.2) is 78.9 Å². The summed E-state index contributed by atoms with van der Waals surface area (Å²) in [6.07, 6.45) is 0. The molecule has 3 aromatic rings. The molecular formula is C21H16NaO7P. The van der Waals surface area contributed by atoms with E-state index in [0.29, 0.717) is 0 Å². The first kappa shape index (κ1) is 23.9. The molecule has 1 atom stereocenters.